The highest BCUT2D eigenvalue weighted by atomic mass is 31.0. The molecule has 0 heterocycles. The molecular formula is C9H21P. The molecule has 2 unspecified atom stereocenters. The van der Waals surface area contributed by atoms with Crippen LogP contribution in [0.1, 0.15) is 46.5 Å². The lowest BCUT2D eigenvalue weighted by atomic mass is 10.0. The zero-order valence-corrected chi connectivity index (χ0v) is 8.72. The average Bonchev–Trinajstić information content (AvgIpc) is 1.87. The molecule has 0 amide bonds. The van der Waals surface area contributed by atoms with Gasteiger partial charge in [0.1, 0.15) is 0 Å². The van der Waals surface area contributed by atoms with Crippen LogP contribution in [0.3, 0.4) is 0 Å². The van der Waals surface area contributed by atoms with E-state index in [-0.39, 0.29) is 0 Å². The van der Waals surface area contributed by atoms with Gasteiger partial charge in [-0.05, 0) is 24.4 Å². The molecule has 0 saturated heterocycles. The van der Waals surface area contributed by atoms with Gasteiger partial charge in [-0.15, -0.1) is 9.24 Å². The van der Waals surface area contributed by atoms with Gasteiger partial charge in [0.2, 0.25) is 0 Å². The summed E-state index contributed by atoms with van der Waals surface area (Å²) in [5.74, 6) is 0.883. The lowest BCUT2D eigenvalue weighted by Crippen LogP contribution is -1.96. The lowest BCUT2D eigenvalue weighted by molar-refractivity contribution is 0.529. The minimum Gasteiger partial charge on any atom is -0.134 e. The Kier molecular flexibility index (Phi) is 6.43. The van der Waals surface area contributed by atoms with Crippen molar-refractivity contribution in [2.75, 3.05) is 0 Å². The molecule has 10 heavy (non-hydrogen) atoms. The molecule has 2 atom stereocenters. The number of rotatable bonds is 5. The smallest absolute Gasteiger partial charge is 0.0267 e. The fourth-order valence-corrected chi connectivity index (χ4v) is 1.23. The molecule has 0 aromatic rings. The second kappa shape index (κ2) is 6.16. The van der Waals surface area contributed by atoms with Crippen molar-refractivity contribution in [3.63, 3.8) is 0 Å². The van der Waals surface area contributed by atoms with E-state index in [4.69, 9.17) is 0 Å². The average molecular weight is 160 g/mol. The molecule has 0 nitrogen and oxygen atoms in total. The third kappa shape index (κ3) is 6.55. The van der Waals surface area contributed by atoms with E-state index in [0.29, 0.717) is 0 Å². The van der Waals surface area contributed by atoms with E-state index in [2.05, 4.69) is 30.0 Å². The second-order valence-electron chi connectivity index (χ2n) is 3.49. The molecule has 62 valence electrons. The van der Waals surface area contributed by atoms with Crippen LogP contribution >= 0.6 is 9.24 Å². The zero-order chi connectivity index (χ0) is 7.98. The maximum atomic E-state index is 2.92. The fourth-order valence-electron chi connectivity index (χ4n) is 0.992. The van der Waals surface area contributed by atoms with E-state index in [9.17, 15) is 0 Å². The van der Waals surface area contributed by atoms with Crippen LogP contribution in [0.2, 0.25) is 0 Å². The molecule has 0 aliphatic rings. The van der Waals surface area contributed by atoms with Crippen LogP contribution in [0.25, 0.3) is 0 Å². The largest absolute Gasteiger partial charge is 0.134 e. The normalized spacial score (nSPS) is 14.1. The highest BCUT2D eigenvalue weighted by Gasteiger charge is 1.99. The van der Waals surface area contributed by atoms with Crippen molar-refractivity contribution in [3.8, 4) is 0 Å². The summed E-state index contributed by atoms with van der Waals surface area (Å²) in [6, 6.07) is 0. The maximum Gasteiger partial charge on any atom is -0.0267 e. The molecule has 1 heteroatoms. The van der Waals surface area contributed by atoms with Crippen LogP contribution < -0.4 is 0 Å². The van der Waals surface area contributed by atoms with Crippen LogP contribution in [0.4, 0.5) is 0 Å². The van der Waals surface area contributed by atoms with Crippen LogP contribution in [0.15, 0.2) is 0 Å². The first-order chi connectivity index (χ1) is 4.66. The van der Waals surface area contributed by atoms with Crippen LogP contribution in [0, 0.1) is 5.92 Å². The molecule has 0 aromatic heterocycles. The Labute approximate surface area is 68.0 Å². The summed E-state index contributed by atoms with van der Waals surface area (Å²) in [5, 5.41) is 0. The minimum atomic E-state index is 0.860. The predicted molar refractivity (Wildman–Crippen MR) is 52.5 cm³/mol. The molecule has 0 aliphatic heterocycles. The summed E-state index contributed by atoms with van der Waals surface area (Å²) in [4.78, 5) is 0. The van der Waals surface area contributed by atoms with Gasteiger partial charge in [-0.25, -0.2) is 0 Å². The molecule has 0 aromatic carbocycles. The van der Waals surface area contributed by atoms with Gasteiger partial charge in [0.05, 0.1) is 0 Å². The first-order valence-electron chi connectivity index (χ1n) is 4.42. The van der Waals surface area contributed by atoms with Crippen molar-refractivity contribution < 1.29 is 0 Å². The SMILES string of the molecule is CCC(P)CCCC(C)C. The van der Waals surface area contributed by atoms with E-state index in [1.807, 2.05) is 0 Å². The first-order valence-corrected chi connectivity index (χ1v) is 5.09. The van der Waals surface area contributed by atoms with Crippen LogP contribution in [-0.4, -0.2) is 5.66 Å². The molecule has 0 fully saturated rings. The van der Waals surface area contributed by atoms with Gasteiger partial charge in [-0.1, -0.05) is 33.6 Å². The Hall–Kier alpha value is 0.430. The molecule has 0 N–H and O–H groups in total. The van der Waals surface area contributed by atoms with Gasteiger partial charge in [0, 0.05) is 0 Å². The van der Waals surface area contributed by atoms with Crippen molar-refractivity contribution in [2.45, 2.75) is 52.1 Å². The van der Waals surface area contributed by atoms with Gasteiger partial charge in [0.25, 0.3) is 0 Å². The predicted octanol–water partition coefficient (Wildman–Crippen LogP) is 3.47. The Morgan fingerprint density at radius 1 is 1.20 bits per heavy atom. The summed E-state index contributed by atoms with van der Waals surface area (Å²) in [6.45, 7) is 6.85. The molecule has 0 bridgehead atoms. The number of hydrogen-bond donors (Lipinski definition) is 0. The third-order valence-electron chi connectivity index (χ3n) is 1.88. The minimum absolute atomic E-state index is 0.860. The first kappa shape index (κ1) is 10.4. The van der Waals surface area contributed by atoms with Crippen molar-refractivity contribution in [3.05, 3.63) is 0 Å². The summed E-state index contributed by atoms with van der Waals surface area (Å²) in [6.07, 6.45) is 5.49. The van der Waals surface area contributed by atoms with Gasteiger partial charge in [-0.2, -0.15) is 0 Å². The maximum absolute atomic E-state index is 2.92. The Morgan fingerprint density at radius 2 is 1.80 bits per heavy atom. The molecule has 0 aliphatic carbocycles. The monoisotopic (exact) mass is 160 g/mol. The summed E-state index contributed by atoms with van der Waals surface area (Å²) in [7, 11) is 2.92. The second-order valence-corrected chi connectivity index (χ2v) is 4.44. The van der Waals surface area contributed by atoms with E-state index >= 15 is 0 Å². The molecule has 0 spiro atoms. The quantitative estimate of drug-likeness (QED) is 0.540. The Bertz CT molecular complexity index is 69.1. The van der Waals surface area contributed by atoms with E-state index in [0.717, 1.165) is 11.6 Å². The van der Waals surface area contributed by atoms with E-state index in [1.54, 1.807) is 0 Å². The van der Waals surface area contributed by atoms with Crippen LogP contribution in [0.5, 0.6) is 0 Å². The third-order valence-corrected chi connectivity index (χ3v) is 2.69. The summed E-state index contributed by atoms with van der Waals surface area (Å²) < 4.78 is 0. The molecule has 0 rings (SSSR count). The fraction of sp³-hybridized carbons (Fsp3) is 1.00. The van der Waals surface area contributed by atoms with Gasteiger partial charge in [-0.3, -0.25) is 0 Å². The van der Waals surface area contributed by atoms with Crippen molar-refractivity contribution in [1.29, 1.82) is 0 Å². The molecule has 0 radical (unpaired) electrons. The number of hydrogen-bond acceptors (Lipinski definition) is 0. The standard InChI is InChI=1S/C9H21P/c1-4-9(10)7-5-6-8(2)3/h8-9H,4-7,10H2,1-3H3. The van der Waals surface area contributed by atoms with Gasteiger partial charge >= 0.3 is 0 Å². The van der Waals surface area contributed by atoms with Gasteiger partial charge in [0.15, 0.2) is 0 Å². The van der Waals surface area contributed by atoms with E-state index in [1.165, 1.54) is 25.7 Å². The summed E-state index contributed by atoms with van der Waals surface area (Å²) in [5.41, 5.74) is 0.860. The molecule has 0 saturated carbocycles. The van der Waals surface area contributed by atoms with Crippen molar-refractivity contribution in [2.24, 2.45) is 5.92 Å². The summed E-state index contributed by atoms with van der Waals surface area (Å²) >= 11 is 0. The van der Waals surface area contributed by atoms with E-state index < -0.39 is 0 Å². The Morgan fingerprint density at radius 3 is 2.20 bits per heavy atom. The van der Waals surface area contributed by atoms with Gasteiger partial charge < -0.3 is 0 Å². The van der Waals surface area contributed by atoms with Crippen molar-refractivity contribution >= 4 is 9.24 Å². The van der Waals surface area contributed by atoms with Crippen molar-refractivity contribution in [1.82, 2.24) is 0 Å². The topological polar surface area (TPSA) is 0 Å². The highest BCUT2D eigenvalue weighted by molar-refractivity contribution is 7.17. The molecular weight excluding hydrogens is 139 g/mol. The zero-order valence-electron chi connectivity index (χ0n) is 7.56. The Balaban J connectivity index is 3.03. The van der Waals surface area contributed by atoms with Crippen LogP contribution in [-0.2, 0) is 0 Å². The lowest BCUT2D eigenvalue weighted by Gasteiger charge is -2.08. The highest BCUT2D eigenvalue weighted by Crippen LogP contribution is 2.15.